The van der Waals surface area contributed by atoms with E-state index in [9.17, 15) is 0 Å². The summed E-state index contributed by atoms with van der Waals surface area (Å²) in [6, 6.07) is 0.300. The number of hydrogen-bond donors (Lipinski definition) is 1. The SMILES string of the molecule is CC(C)(C)c1nc(CN2CC[C@@H](N)C2)no1.Cl. The van der Waals surface area contributed by atoms with Crippen molar-refractivity contribution >= 4 is 12.4 Å². The third-order valence-corrected chi connectivity index (χ3v) is 2.78. The van der Waals surface area contributed by atoms with Crippen molar-refractivity contribution in [1.29, 1.82) is 0 Å². The number of rotatable bonds is 2. The molecular formula is C11H21ClN4O. The van der Waals surface area contributed by atoms with Crippen LogP contribution in [-0.2, 0) is 12.0 Å². The summed E-state index contributed by atoms with van der Waals surface area (Å²) >= 11 is 0. The van der Waals surface area contributed by atoms with E-state index >= 15 is 0 Å². The van der Waals surface area contributed by atoms with Crippen LogP contribution in [0.5, 0.6) is 0 Å². The first kappa shape index (κ1) is 14.4. The number of nitrogens with zero attached hydrogens (tertiary/aromatic N) is 3. The van der Waals surface area contributed by atoms with Crippen molar-refractivity contribution in [2.24, 2.45) is 5.73 Å². The summed E-state index contributed by atoms with van der Waals surface area (Å²) in [4.78, 5) is 6.68. The molecule has 0 bridgehead atoms. The van der Waals surface area contributed by atoms with E-state index in [0.717, 1.165) is 31.9 Å². The largest absolute Gasteiger partial charge is 0.339 e. The van der Waals surface area contributed by atoms with Crippen LogP contribution < -0.4 is 5.73 Å². The number of halogens is 1. The number of nitrogens with two attached hydrogens (primary N) is 1. The maximum absolute atomic E-state index is 5.85. The molecule has 2 rings (SSSR count). The summed E-state index contributed by atoms with van der Waals surface area (Å²) in [7, 11) is 0. The third kappa shape index (κ3) is 3.66. The van der Waals surface area contributed by atoms with Gasteiger partial charge in [0.25, 0.3) is 0 Å². The Morgan fingerprint density at radius 1 is 1.47 bits per heavy atom. The molecule has 0 amide bonds. The minimum absolute atomic E-state index is 0. The Labute approximate surface area is 108 Å². The van der Waals surface area contributed by atoms with Crippen molar-refractivity contribution < 1.29 is 4.52 Å². The van der Waals surface area contributed by atoms with Crippen molar-refractivity contribution in [2.75, 3.05) is 13.1 Å². The van der Waals surface area contributed by atoms with Crippen LogP contribution in [0.15, 0.2) is 4.52 Å². The molecule has 0 aromatic carbocycles. The highest BCUT2D eigenvalue weighted by atomic mass is 35.5. The van der Waals surface area contributed by atoms with Gasteiger partial charge in [-0.25, -0.2) is 0 Å². The molecule has 1 aromatic heterocycles. The molecule has 6 heteroatoms. The monoisotopic (exact) mass is 260 g/mol. The molecule has 0 saturated carbocycles. The van der Waals surface area contributed by atoms with E-state index in [1.807, 2.05) is 0 Å². The zero-order chi connectivity index (χ0) is 11.8. The Hall–Kier alpha value is -0.650. The van der Waals surface area contributed by atoms with Crippen LogP contribution in [0.25, 0.3) is 0 Å². The van der Waals surface area contributed by atoms with Gasteiger partial charge in [-0.2, -0.15) is 4.98 Å². The molecule has 17 heavy (non-hydrogen) atoms. The van der Waals surface area contributed by atoms with Gasteiger partial charge in [0.1, 0.15) is 0 Å². The predicted molar refractivity (Wildman–Crippen MR) is 68.1 cm³/mol. The van der Waals surface area contributed by atoms with Crippen LogP contribution >= 0.6 is 12.4 Å². The Bertz CT molecular complexity index is 361. The number of hydrogen-bond acceptors (Lipinski definition) is 5. The first-order chi connectivity index (χ1) is 7.45. The van der Waals surface area contributed by atoms with Gasteiger partial charge in [0.05, 0.1) is 6.54 Å². The molecule has 1 atom stereocenters. The summed E-state index contributed by atoms with van der Waals surface area (Å²) in [5, 5.41) is 4.00. The molecule has 0 unspecified atom stereocenters. The average Bonchev–Trinajstić information content (AvgIpc) is 2.74. The quantitative estimate of drug-likeness (QED) is 0.869. The van der Waals surface area contributed by atoms with Crippen molar-refractivity contribution in [3.8, 4) is 0 Å². The fourth-order valence-electron chi connectivity index (χ4n) is 1.83. The van der Waals surface area contributed by atoms with Crippen LogP contribution in [0.1, 0.15) is 38.9 Å². The molecule has 2 heterocycles. The summed E-state index contributed by atoms with van der Waals surface area (Å²) in [6.45, 7) is 8.90. The molecule has 0 radical (unpaired) electrons. The van der Waals surface area contributed by atoms with Gasteiger partial charge in [-0.3, -0.25) is 4.90 Å². The van der Waals surface area contributed by atoms with Crippen molar-refractivity contribution in [2.45, 2.75) is 45.2 Å². The highest BCUT2D eigenvalue weighted by Gasteiger charge is 2.24. The third-order valence-electron chi connectivity index (χ3n) is 2.78. The average molecular weight is 261 g/mol. The van der Waals surface area contributed by atoms with Gasteiger partial charge >= 0.3 is 0 Å². The molecule has 1 fully saturated rings. The summed E-state index contributed by atoms with van der Waals surface area (Å²) in [5.41, 5.74) is 5.77. The lowest BCUT2D eigenvalue weighted by Gasteiger charge is -2.12. The molecule has 5 nitrogen and oxygen atoms in total. The Balaban J connectivity index is 0.00000144. The minimum Gasteiger partial charge on any atom is -0.339 e. The van der Waals surface area contributed by atoms with Crippen molar-refractivity contribution in [3.05, 3.63) is 11.7 Å². The lowest BCUT2D eigenvalue weighted by atomic mass is 9.97. The number of likely N-dealkylation sites (tertiary alicyclic amines) is 1. The molecule has 1 saturated heterocycles. The first-order valence-electron chi connectivity index (χ1n) is 5.76. The minimum atomic E-state index is -0.0767. The molecule has 0 spiro atoms. The fraction of sp³-hybridized carbons (Fsp3) is 0.818. The van der Waals surface area contributed by atoms with E-state index in [-0.39, 0.29) is 17.8 Å². The second-order valence-corrected chi connectivity index (χ2v) is 5.55. The van der Waals surface area contributed by atoms with Gasteiger partial charge in [-0.15, -0.1) is 12.4 Å². The van der Waals surface area contributed by atoms with E-state index in [2.05, 4.69) is 35.8 Å². The van der Waals surface area contributed by atoms with E-state index < -0.39 is 0 Å². The molecule has 1 aromatic rings. The molecule has 1 aliphatic rings. The van der Waals surface area contributed by atoms with E-state index in [1.54, 1.807) is 0 Å². The highest BCUT2D eigenvalue weighted by molar-refractivity contribution is 5.85. The van der Waals surface area contributed by atoms with E-state index in [0.29, 0.717) is 11.9 Å². The Morgan fingerprint density at radius 2 is 2.18 bits per heavy atom. The standard InChI is InChI=1S/C11H20N4O.ClH/c1-11(2,3)10-13-9(14-16-10)7-15-5-4-8(12)6-15;/h8H,4-7,12H2,1-3H3;1H/t8-;/m1./s1. The molecule has 2 N–H and O–H groups in total. The van der Waals surface area contributed by atoms with Gasteiger partial charge in [0.2, 0.25) is 5.89 Å². The molecular weight excluding hydrogens is 240 g/mol. The van der Waals surface area contributed by atoms with Crippen LogP contribution in [-0.4, -0.2) is 34.2 Å². The highest BCUT2D eigenvalue weighted by Crippen LogP contribution is 2.20. The molecule has 98 valence electrons. The Kier molecular flexibility index (Phi) is 4.52. The Morgan fingerprint density at radius 3 is 2.65 bits per heavy atom. The smallest absolute Gasteiger partial charge is 0.232 e. The van der Waals surface area contributed by atoms with Crippen LogP contribution in [0, 0.1) is 0 Å². The summed E-state index contributed by atoms with van der Waals surface area (Å²) in [5.74, 6) is 1.46. The van der Waals surface area contributed by atoms with Crippen LogP contribution in [0.3, 0.4) is 0 Å². The number of aromatic nitrogens is 2. The zero-order valence-corrected chi connectivity index (χ0v) is 11.5. The lowest BCUT2D eigenvalue weighted by Crippen LogP contribution is -2.26. The maximum atomic E-state index is 5.85. The molecule has 1 aliphatic heterocycles. The summed E-state index contributed by atoms with van der Waals surface area (Å²) in [6.07, 6.45) is 1.06. The second-order valence-electron chi connectivity index (χ2n) is 5.55. The predicted octanol–water partition coefficient (Wildman–Crippen LogP) is 1.32. The van der Waals surface area contributed by atoms with Crippen molar-refractivity contribution in [3.63, 3.8) is 0 Å². The van der Waals surface area contributed by atoms with Gasteiger partial charge in [0.15, 0.2) is 5.82 Å². The topological polar surface area (TPSA) is 68.2 Å². The van der Waals surface area contributed by atoms with Gasteiger partial charge in [-0.05, 0) is 6.42 Å². The lowest BCUT2D eigenvalue weighted by molar-refractivity contribution is 0.296. The van der Waals surface area contributed by atoms with Crippen LogP contribution in [0.2, 0.25) is 0 Å². The van der Waals surface area contributed by atoms with E-state index in [4.69, 9.17) is 10.3 Å². The summed E-state index contributed by atoms with van der Waals surface area (Å²) < 4.78 is 5.25. The first-order valence-corrected chi connectivity index (χ1v) is 5.76. The van der Waals surface area contributed by atoms with Gasteiger partial charge in [-0.1, -0.05) is 25.9 Å². The van der Waals surface area contributed by atoms with Gasteiger partial charge < -0.3 is 10.3 Å². The fourth-order valence-corrected chi connectivity index (χ4v) is 1.83. The van der Waals surface area contributed by atoms with E-state index in [1.165, 1.54) is 0 Å². The van der Waals surface area contributed by atoms with Crippen molar-refractivity contribution in [1.82, 2.24) is 15.0 Å². The second kappa shape index (κ2) is 5.33. The zero-order valence-electron chi connectivity index (χ0n) is 10.6. The molecule has 0 aliphatic carbocycles. The normalized spacial score (nSPS) is 21.5. The maximum Gasteiger partial charge on any atom is 0.232 e. The van der Waals surface area contributed by atoms with Gasteiger partial charge in [0, 0.05) is 24.5 Å². The van der Waals surface area contributed by atoms with Crippen LogP contribution in [0.4, 0.5) is 0 Å².